The summed E-state index contributed by atoms with van der Waals surface area (Å²) in [7, 11) is 2.08. The van der Waals surface area contributed by atoms with E-state index in [9.17, 15) is 5.11 Å². The van der Waals surface area contributed by atoms with E-state index in [2.05, 4.69) is 39.2 Å². The largest absolute Gasteiger partial charge is 0.508 e. The molecule has 0 spiro atoms. The van der Waals surface area contributed by atoms with Gasteiger partial charge in [0.05, 0.1) is 0 Å². The van der Waals surface area contributed by atoms with Gasteiger partial charge in [-0.15, -0.1) is 0 Å². The molecule has 2 nitrogen and oxygen atoms in total. The van der Waals surface area contributed by atoms with Crippen molar-refractivity contribution < 1.29 is 5.11 Å². The minimum atomic E-state index is 0.381. The van der Waals surface area contributed by atoms with Crippen LogP contribution in [0.2, 0.25) is 0 Å². The van der Waals surface area contributed by atoms with Gasteiger partial charge in [0.1, 0.15) is 5.75 Å². The lowest BCUT2D eigenvalue weighted by Crippen LogP contribution is -2.42. The van der Waals surface area contributed by atoms with E-state index in [-0.39, 0.29) is 0 Å². The van der Waals surface area contributed by atoms with Crippen molar-refractivity contribution in [3.05, 3.63) is 29.8 Å². The molecule has 112 valence electrons. The summed E-state index contributed by atoms with van der Waals surface area (Å²) in [6, 6.07) is 8.35. The molecule has 2 N–H and O–H groups in total. The van der Waals surface area contributed by atoms with Gasteiger partial charge in [-0.1, -0.05) is 32.9 Å². The Bertz CT molecular complexity index is 435. The first-order valence-corrected chi connectivity index (χ1v) is 7.85. The van der Waals surface area contributed by atoms with Crippen LogP contribution in [0.3, 0.4) is 0 Å². The Kier molecular flexibility index (Phi) is 4.74. The molecule has 20 heavy (non-hydrogen) atoms. The van der Waals surface area contributed by atoms with Crippen LogP contribution in [0, 0.1) is 17.3 Å². The zero-order chi connectivity index (χ0) is 14.8. The van der Waals surface area contributed by atoms with Crippen LogP contribution in [0.15, 0.2) is 24.3 Å². The van der Waals surface area contributed by atoms with E-state index in [1.54, 1.807) is 6.07 Å². The van der Waals surface area contributed by atoms with Crippen LogP contribution >= 0.6 is 0 Å². The molecule has 0 saturated heterocycles. The second kappa shape index (κ2) is 6.17. The van der Waals surface area contributed by atoms with E-state index in [1.807, 2.05) is 12.1 Å². The monoisotopic (exact) mass is 275 g/mol. The fourth-order valence-electron chi connectivity index (χ4n) is 3.64. The number of phenolic OH excluding ortho intramolecular Hbond substituents is 1. The number of hydrogen-bond donors (Lipinski definition) is 2. The van der Waals surface area contributed by atoms with Gasteiger partial charge in [-0.3, -0.25) is 0 Å². The van der Waals surface area contributed by atoms with Crippen molar-refractivity contribution >= 4 is 0 Å². The van der Waals surface area contributed by atoms with Crippen molar-refractivity contribution in [2.24, 2.45) is 17.3 Å². The van der Waals surface area contributed by atoms with Crippen molar-refractivity contribution in [3.8, 4) is 5.75 Å². The van der Waals surface area contributed by atoms with Crippen LogP contribution in [0.5, 0.6) is 5.75 Å². The van der Waals surface area contributed by atoms with Crippen LogP contribution in [-0.4, -0.2) is 18.2 Å². The quantitative estimate of drug-likeness (QED) is 0.874. The molecule has 0 bridgehead atoms. The van der Waals surface area contributed by atoms with E-state index in [0.717, 1.165) is 12.3 Å². The number of phenols is 1. The van der Waals surface area contributed by atoms with Crippen molar-refractivity contribution in [2.45, 2.75) is 52.5 Å². The zero-order valence-corrected chi connectivity index (χ0v) is 13.3. The maximum Gasteiger partial charge on any atom is 0.115 e. The summed E-state index contributed by atoms with van der Waals surface area (Å²) in [6.07, 6.45) is 4.94. The Morgan fingerprint density at radius 2 is 2.00 bits per heavy atom. The minimum absolute atomic E-state index is 0.381. The van der Waals surface area contributed by atoms with Gasteiger partial charge in [-0.2, -0.15) is 0 Å². The highest BCUT2D eigenvalue weighted by Gasteiger charge is 2.35. The van der Waals surface area contributed by atoms with Gasteiger partial charge in [0.15, 0.2) is 0 Å². The van der Waals surface area contributed by atoms with Crippen molar-refractivity contribution in [1.29, 1.82) is 0 Å². The average Bonchev–Trinajstić information content (AvgIpc) is 2.37. The third-order valence-corrected chi connectivity index (χ3v) is 4.99. The maximum absolute atomic E-state index is 9.63. The molecule has 0 aliphatic heterocycles. The van der Waals surface area contributed by atoms with Gasteiger partial charge < -0.3 is 10.4 Å². The van der Waals surface area contributed by atoms with E-state index in [0.29, 0.717) is 23.1 Å². The van der Waals surface area contributed by atoms with Gasteiger partial charge in [-0.25, -0.2) is 0 Å². The molecule has 1 aromatic rings. The molecule has 0 aromatic heterocycles. The highest BCUT2D eigenvalue weighted by molar-refractivity contribution is 5.27. The molecular formula is C18H29NO. The second-order valence-electron chi connectivity index (χ2n) is 7.41. The number of aromatic hydroxyl groups is 1. The highest BCUT2D eigenvalue weighted by Crippen LogP contribution is 2.41. The molecule has 3 atom stereocenters. The first kappa shape index (κ1) is 15.4. The normalized spacial score (nSPS) is 27.5. The molecule has 2 rings (SSSR count). The standard InChI is InChI=1S/C18H29NO/c1-18(2,3)15-8-9-17(19-4)14(12-15)10-13-6-5-7-16(20)11-13/h5-7,11,14-15,17,19-20H,8-10,12H2,1-4H3. The van der Waals surface area contributed by atoms with Crippen molar-refractivity contribution in [2.75, 3.05) is 7.05 Å². The summed E-state index contributed by atoms with van der Waals surface area (Å²) in [4.78, 5) is 0. The molecule has 2 heteroatoms. The van der Waals surface area contributed by atoms with Crippen LogP contribution in [0.1, 0.15) is 45.6 Å². The van der Waals surface area contributed by atoms with E-state index in [1.165, 1.54) is 24.8 Å². The summed E-state index contributed by atoms with van der Waals surface area (Å²) in [5, 5.41) is 13.1. The number of hydrogen-bond acceptors (Lipinski definition) is 2. The van der Waals surface area contributed by atoms with Gasteiger partial charge >= 0.3 is 0 Å². The lowest BCUT2D eigenvalue weighted by Gasteiger charge is -2.42. The molecular weight excluding hydrogens is 246 g/mol. The topological polar surface area (TPSA) is 32.3 Å². The molecule has 0 heterocycles. The zero-order valence-electron chi connectivity index (χ0n) is 13.3. The van der Waals surface area contributed by atoms with Gasteiger partial charge in [-0.05, 0) is 67.7 Å². The number of rotatable bonds is 3. The van der Waals surface area contributed by atoms with E-state index >= 15 is 0 Å². The van der Waals surface area contributed by atoms with Gasteiger partial charge in [0, 0.05) is 6.04 Å². The summed E-state index contributed by atoms with van der Waals surface area (Å²) in [6.45, 7) is 7.09. The minimum Gasteiger partial charge on any atom is -0.508 e. The lowest BCUT2D eigenvalue weighted by molar-refractivity contribution is 0.116. The number of nitrogens with one attached hydrogen (secondary N) is 1. The molecule has 1 saturated carbocycles. The molecule has 1 aliphatic carbocycles. The molecule has 1 aliphatic rings. The summed E-state index contributed by atoms with van der Waals surface area (Å²) < 4.78 is 0. The molecule has 1 fully saturated rings. The third-order valence-electron chi connectivity index (χ3n) is 4.99. The predicted molar refractivity (Wildman–Crippen MR) is 84.9 cm³/mol. The third kappa shape index (κ3) is 3.76. The maximum atomic E-state index is 9.63. The summed E-state index contributed by atoms with van der Waals surface area (Å²) in [5.41, 5.74) is 1.65. The van der Waals surface area contributed by atoms with Gasteiger partial charge in [0.25, 0.3) is 0 Å². The lowest BCUT2D eigenvalue weighted by atomic mass is 9.66. The fraction of sp³-hybridized carbons (Fsp3) is 0.667. The van der Waals surface area contributed by atoms with E-state index in [4.69, 9.17) is 0 Å². The first-order chi connectivity index (χ1) is 9.40. The first-order valence-electron chi connectivity index (χ1n) is 7.85. The van der Waals surface area contributed by atoms with Crippen LogP contribution in [-0.2, 0) is 6.42 Å². The molecule has 0 amide bonds. The number of benzene rings is 1. The van der Waals surface area contributed by atoms with Crippen molar-refractivity contribution in [1.82, 2.24) is 5.32 Å². The summed E-state index contributed by atoms with van der Waals surface area (Å²) >= 11 is 0. The Labute approximate surface area is 123 Å². The average molecular weight is 275 g/mol. The molecule has 3 unspecified atom stereocenters. The van der Waals surface area contributed by atoms with Crippen LogP contribution < -0.4 is 5.32 Å². The molecule has 1 aromatic carbocycles. The predicted octanol–water partition coefficient (Wildman–Crippen LogP) is 3.99. The van der Waals surface area contributed by atoms with Crippen LogP contribution in [0.25, 0.3) is 0 Å². The van der Waals surface area contributed by atoms with E-state index < -0.39 is 0 Å². The Morgan fingerprint density at radius 3 is 2.60 bits per heavy atom. The second-order valence-corrected chi connectivity index (χ2v) is 7.41. The highest BCUT2D eigenvalue weighted by atomic mass is 16.3. The van der Waals surface area contributed by atoms with Crippen LogP contribution in [0.4, 0.5) is 0 Å². The summed E-state index contributed by atoms with van der Waals surface area (Å²) in [5.74, 6) is 1.85. The fourth-order valence-corrected chi connectivity index (χ4v) is 3.64. The SMILES string of the molecule is CNC1CCC(C(C)(C)C)CC1Cc1cccc(O)c1. The Hall–Kier alpha value is -1.02. The Morgan fingerprint density at radius 1 is 1.25 bits per heavy atom. The smallest absolute Gasteiger partial charge is 0.115 e. The van der Waals surface area contributed by atoms with Crippen molar-refractivity contribution in [3.63, 3.8) is 0 Å². The van der Waals surface area contributed by atoms with Gasteiger partial charge in [0.2, 0.25) is 0 Å². The molecule has 0 radical (unpaired) electrons. The Balaban J connectivity index is 2.09.